The van der Waals surface area contributed by atoms with E-state index in [9.17, 15) is 8.42 Å². The average molecular weight is 274 g/mol. The van der Waals surface area contributed by atoms with Crippen molar-refractivity contribution in [1.29, 1.82) is 5.26 Å². The number of nitrogen functional groups attached to an aromatic ring is 1. The van der Waals surface area contributed by atoms with E-state index in [4.69, 9.17) is 22.6 Å². The number of anilines is 1. The predicted octanol–water partition coefficient (Wildman–Crippen LogP) is 1.46. The highest BCUT2D eigenvalue weighted by Crippen LogP contribution is 2.23. The third-order valence-corrected chi connectivity index (χ3v) is 4.41. The maximum absolute atomic E-state index is 12.0. The second kappa shape index (κ2) is 5.36. The third-order valence-electron chi connectivity index (χ3n) is 2.21. The first-order chi connectivity index (χ1) is 7.89. The quantitative estimate of drug-likeness (QED) is 0.841. The molecule has 0 unspecified atom stereocenters. The van der Waals surface area contributed by atoms with Gasteiger partial charge in [-0.2, -0.15) is 9.57 Å². The first-order valence-electron chi connectivity index (χ1n) is 4.78. The Kier molecular flexibility index (Phi) is 4.34. The summed E-state index contributed by atoms with van der Waals surface area (Å²) in [5.41, 5.74) is 5.76. The Balaban J connectivity index is 3.05. The summed E-state index contributed by atoms with van der Waals surface area (Å²) in [5, 5.41) is 8.73. The summed E-state index contributed by atoms with van der Waals surface area (Å²) >= 11 is 5.72. The molecular formula is C10H12ClN3O2S. The van der Waals surface area contributed by atoms with Gasteiger partial charge in [0.2, 0.25) is 10.0 Å². The van der Waals surface area contributed by atoms with Crippen molar-refractivity contribution in [3.8, 4) is 6.07 Å². The smallest absolute Gasteiger partial charge is 0.242 e. The summed E-state index contributed by atoms with van der Waals surface area (Å²) in [4.78, 5) is 0.0693. The summed E-state index contributed by atoms with van der Waals surface area (Å²) in [6, 6.07) is 6.02. The molecule has 0 saturated heterocycles. The van der Waals surface area contributed by atoms with Crippen LogP contribution >= 0.6 is 11.6 Å². The number of nitrogens with zero attached hydrogens (tertiary/aromatic N) is 2. The molecule has 0 saturated carbocycles. The molecule has 7 heteroatoms. The Labute approximate surface area is 105 Å². The zero-order valence-corrected chi connectivity index (χ0v) is 10.8. The second-order valence-corrected chi connectivity index (χ2v) is 5.87. The molecule has 0 fully saturated rings. The largest absolute Gasteiger partial charge is 0.397 e. The molecule has 0 bridgehead atoms. The Morgan fingerprint density at radius 3 is 2.71 bits per heavy atom. The normalized spacial score (nSPS) is 11.4. The van der Waals surface area contributed by atoms with Crippen LogP contribution in [0.4, 0.5) is 5.69 Å². The van der Waals surface area contributed by atoms with Crippen molar-refractivity contribution in [3.05, 3.63) is 23.2 Å². The fraction of sp³-hybridized carbons (Fsp3) is 0.300. The van der Waals surface area contributed by atoms with Gasteiger partial charge in [0.25, 0.3) is 0 Å². The highest BCUT2D eigenvalue weighted by Gasteiger charge is 2.20. The van der Waals surface area contributed by atoms with Gasteiger partial charge < -0.3 is 5.73 Å². The van der Waals surface area contributed by atoms with Crippen molar-refractivity contribution in [1.82, 2.24) is 4.31 Å². The number of benzene rings is 1. The molecule has 0 aliphatic heterocycles. The first kappa shape index (κ1) is 13.8. The molecule has 0 atom stereocenters. The van der Waals surface area contributed by atoms with Gasteiger partial charge in [-0.3, -0.25) is 0 Å². The van der Waals surface area contributed by atoms with Crippen LogP contribution in [0.15, 0.2) is 23.1 Å². The van der Waals surface area contributed by atoms with Crippen molar-refractivity contribution in [2.45, 2.75) is 11.3 Å². The van der Waals surface area contributed by atoms with Gasteiger partial charge in [0.15, 0.2) is 0 Å². The summed E-state index contributed by atoms with van der Waals surface area (Å²) < 4.78 is 25.1. The van der Waals surface area contributed by atoms with Crippen LogP contribution in [0.2, 0.25) is 5.02 Å². The molecule has 0 spiro atoms. The molecule has 17 heavy (non-hydrogen) atoms. The Morgan fingerprint density at radius 1 is 1.53 bits per heavy atom. The van der Waals surface area contributed by atoms with E-state index < -0.39 is 10.0 Å². The van der Waals surface area contributed by atoms with Crippen LogP contribution < -0.4 is 5.73 Å². The minimum atomic E-state index is -3.61. The van der Waals surface area contributed by atoms with Crippen LogP contribution in [-0.4, -0.2) is 26.3 Å². The molecule has 1 rings (SSSR count). The lowest BCUT2D eigenvalue weighted by Gasteiger charge is -2.16. The topological polar surface area (TPSA) is 87.2 Å². The molecule has 92 valence electrons. The van der Waals surface area contributed by atoms with E-state index >= 15 is 0 Å². The molecule has 1 aromatic carbocycles. The number of rotatable bonds is 4. The van der Waals surface area contributed by atoms with Crippen LogP contribution in [-0.2, 0) is 10.0 Å². The zero-order valence-electron chi connectivity index (χ0n) is 9.22. The fourth-order valence-corrected chi connectivity index (χ4v) is 2.51. The number of halogens is 1. The molecule has 0 heterocycles. The number of nitrogens with two attached hydrogens (primary N) is 1. The molecule has 0 aromatic heterocycles. The SMILES string of the molecule is CN(CCC#N)S(=O)(=O)c1ccc(Cl)c(N)c1. The third kappa shape index (κ3) is 3.09. The summed E-state index contributed by atoms with van der Waals surface area (Å²) in [7, 11) is -2.19. The van der Waals surface area contributed by atoms with Crippen LogP contribution in [0.25, 0.3) is 0 Å². The molecule has 5 nitrogen and oxygen atoms in total. The monoisotopic (exact) mass is 273 g/mol. The summed E-state index contributed by atoms with van der Waals surface area (Å²) in [6.07, 6.45) is 0.138. The minimum absolute atomic E-state index is 0.0693. The van der Waals surface area contributed by atoms with E-state index in [1.807, 2.05) is 6.07 Å². The van der Waals surface area contributed by atoms with E-state index in [-0.39, 0.29) is 23.5 Å². The molecule has 2 N–H and O–H groups in total. The summed E-state index contributed by atoms with van der Waals surface area (Å²) in [6.45, 7) is 0.140. The maximum atomic E-state index is 12.0. The highest BCUT2D eigenvalue weighted by molar-refractivity contribution is 7.89. The van der Waals surface area contributed by atoms with Crippen LogP contribution in [0.5, 0.6) is 0 Å². The Morgan fingerprint density at radius 2 is 2.18 bits per heavy atom. The number of hydrogen-bond donors (Lipinski definition) is 1. The van der Waals surface area contributed by atoms with Gasteiger partial charge in [0, 0.05) is 20.0 Å². The van der Waals surface area contributed by atoms with E-state index in [1.54, 1.807) is 0 Å². The molecule has 0 aliphatic rings. The average Bonchev–Trinajstić information content (AvgIpc) is 2.29. The lowest BCUT2D eigenvalue weighted by Crippen LogP contribution is -2.27. The van der Waals surface area contributed by atoms with Gasteiger partial charge >= 0.3 is 0 Å². The van der Waals surface area contributed by atoms with Gasteiger partial charge in [-0.15, -0.1) is 0 Å². The standard InChI is InChI=1S/C10H12ClN3O2S/c1-14(6-2-5-12)17(15,16)8-3-4-9(11)10(13)7-8/h3-4,7H,2,6,13H2,1H3. The van der Waals surface area contributed by atoms with Crippen LogP contribution in [0.3, 0.4) is 0 Å². The van der Waals surface area contributed by atoms with E-state index in [2.05, 4.69) is 0 Å². The lowest BCUT2D eigenvalue weighted by atomic mass is 10.3. The van der Waals surface area contributed by atoms with E-state index in [1.165, 1.54) is 25.2 Å². The van der Waals surface area contributed by atoms with Crippen LogP contribution in [0.1, 0.15) is 6.42 Å². The number of sulfonamides is 1. The van der Waals surface area contributed by atoms with E-state index in [0.29, 0.717) is 5.02 Å². The van der Waals surface area contributed by atoms with E-state index in [0.717, 1.165) is 4.31 Å². The first-order valence-corrected chi connectivity index (χ1v) is 6.59. The highest BCUT2D eigenvalue weighted by atomic mass is 35.5. The zero-order chi connectivity index (χ0) is 13.1. The van der Waals surface area contributed by atoms with Crippen LogP contribution in [0, 0.1) is 11.3 Å². The van der Waals surface area contributed by atoms with Crippen molar-refractivity contribution in [3.63, 3.8) is 0 Å². The van der Waals surface area contributed by atoms with Gasteiger partial charge in [-0.05, 0) is 18.2 Å². The fourth-order valence-electron chi connectivity index (χ4n) is 1.19. The molecule has 0 aliphatic carbocycles. The second-order valence-electron chi connectivity index (χ2n) is 3.42. The Hall–Kier alpha value is -1.29. The van der Waals surface area contributed by atoms with Crippen molar-refractivity contribution < 1.29 is 8.42 Å². The van der Waals surface area contributed by atoms with Gasteiger partial charge in [-0.25, -0.2) is 8.42 Å². The van der Waals surface area contributed by atoms with Crippen molar-refractivity contribution in [2.24, 2.45) is 0 Å². The molecule has 1 aromatic rings. The summed E-state index contributed by atoms with van der Waals surface area (Å²) in [5.74, 6) is 0. The Bertz CT molecular complexity index is 551. The van der Waals surface area contributed by atoms with Crippen molar-refractivity contribution >= 4 is 27.3 Å². The molecular weight excluding hydrogens is 262 g/mol. The maximum Gasteiger partial charge on any atom is 0.242 e. The van der Waals surface area contributed by atoms with Gasteiger partial charge in [0.05, 0.1) is 21.7 Å². The lowest BCUT2D eigenvalue weighted by molar-refractivity contribution is 0.476. The van der Waals surface area contributed by atoms with Gasteiger partial charge in [0.1, 0.15) is 0 Å². The van der Waals surface area contributed by atoms with Gasteiger partial charge in [-0.1, -0.05) is 11.6 Å². The molecule has 0 amide bonds. The minimum Gasteiger partial charge on any atom is -0.397 e. The molecule has 0 radical (unpaired) electrons. The number of hydrogen-bond acceptors (Lipinski definition) is 4. The number of nitriles is 1. The van der Waals surface area contributed by atoms with Crippen molar-refractivity contribution in [2.75, 3.05) is 19.3 Å². The predicted molar refractivity (Wildman–Crippen MR) is 65.9 cm³/mol.